The van der Waals surface area contributed by atoms with Crippen molar-refractivity contribution in [2.24, 2.45) is 0 Å². The van der Waals surface area contributed by atoms with Crippen molar-refractivity contribution in [3.8, 4) is 10.6 Å². The largest absolute Gasteiger partial charge is 0.355 e. The summed E-state index contributed by atoms with van der Waals surface area (Å²) in [5.74, 6) is -0.725. The van der Waals surface area contributed by atoms with Gasteiger partial charge in [0.15, 0.2) is 17.3 Å². The van der Waals surface area contributed by atoms with Gasteiger partial charge < -0.3 is 9.42 Å². The molecule has 4 rings (SSSR count). The zero-order chi connectivity index (χ0) is 21.3. The third-order valence-corrected chi connectivity index (χ3v) is 5.56. The highest BCUT2D eigenvalue weighted by molar-refractivity contribution is 7.17. The maximum atomic E-state index is 13.0. The van der Waals surface area contributed by atoms with Crippen molar-refractivity contribution in [1.82, 2.24) is 10.1 Å². The van der Waals surface area contributed by atoms with Crippen LogP contribution in [0.2, 0.25) is 0 Å². The number of rotatable bonds is 5. The molecule has 2 aromatic heterocycles. The highest BCUT2D eigenvalue weighted by Crippen LogP contribution is 2.31. The minimum Gasteiger partial charge on any atom is -0.355 e. The molecule has 0 radical (unpaired) electrons. The van der Waals surface area contributed by atoms with Crippen LogP contribution in [-0.4, -0.2) is 34.6 Å². The van der Waals surface area contributed by atoms with E-state index in [-0.39, 0.29) is 34.6 Å². The molecule has 2 heterocycles. The van der Waals surface area contributed by atoms with Gasteiger partial charge in [0.2, 0.25) is 0 Å². The quantitative estimate of drug-likeness (QED) is 0.583. The third kappa shape index (κ3) is 4.04. The lowest BCUT2D eigenvalue weighted by molar-refractivity contribution is -0.113. The predicted octanol–water partition coefficient (Wildman–Crippen LogP) is 3.91. The van der Waals surface area contributed by atoms with Gasteiger partial charge in [-0.05, 0) is 48.1 Å². The lowest BCUT2D eigenvalue weighted by Crippen LogP contribution is -2.25. The van der Waals surface area contributed by atoms with E-state index in [1.54, 1.807) is 37.4 Å². The fourth-order valence-electron chi connectivity index (χ4n) is 2.94. The molecule has 1 aromatic carbocycles. The Morgan fingerprint density at radius 2 is 1.90 bits per heavy atom. The van der Waals surface area contributed by atoms with E-state index < -0.39 is 0 Å². The molecule has 0 aliphatic heterocycles. The number of hydrogen-bond acceptors (Lipinski definition) is 6. The van der Waals surface area contributed by atoms with Crippen molar-refractivity contribution in [1.29, 1.82) is 0 Å². The Hall–Kier alpha value is -3.65. The molecule has 0 saturated heterocycles. The van der Waals surface area contributed by atoms with E-state index in [1.165, 1.54) is 46.6 Å². The number of ketones is 2. The summed E-state index contributed by atoms with van der Waals surface area (Å²) in [6.45, 7) is 0.344. The number of amides is 1. The first-order valence-electron chi connectivity index (χ1n) is 8.96. The highest BCUT2D eigenvalue weighted by atomic mass is 32.1. The van der Waals surface area contributed by atoms with E-state index in [0.29, 0.717) is 22.1 Å². The second kappa shape index (κ2) is 8.00. The van der Waals surface area contributed by atoms with Crippen LogP contribution in [0.1, 0.15) is 20.9 Å². The summed E-state index contributed by atoms with van der Waals surface area (Å²) < 4.78 is 18.4. The zero-order valence-corrected chi connectivity index (χ0v) is 16.6. The molecule has 1 aliphatic rings. The second-order valence-corrected chi connectivity index (χ2v) is 7.77. The number of benzene rings is 1. The first-order chi connectivity index (χ1) is 14.4. The molecular weight excluding hydrogens is 407 g/mol. The smallest absolute Gasteiger partial charge is 0.263 e. The molecule has 0 spiro atoms. The van der Waals surface area contributed by atoms with Crippen LogP contribution in [0.4, 0.5) is 4.39 Å². The molecule has 8 heteroatoms. The topological polar surface area (TPSA) is 80.5 Å². The van der Waals surface area contributed by atoms with Gasteiger partial charge in [0.1, 0.15) is 11.5 Å². The highest BCUT2D eigenvalue weighted by Gasteiger charge is 2.21. The zero-order valence-electron chi connectivity index (χ0n) is 15.8. The minimum atomic E-state index is -0.326. The number of nitrogens with zero attached hydrogens (tertiary/aromatic N) is 2. The normalized spacial score (nSPS) is 13.5. The number of carbonyl (C=O) groups is 3. The number of aromatic nitrogens is 1. The summed E-state index contributed by atoms with van der Waals surface area (Å²) in [5, 5.41) is 3.88. The summed E-state index contributed by atoms with van der Waals surface area (Å²) in [4.78, 5) is 38.9. The van der Waals surface area contributed by atoms with Crippen LogP contribution in [0, 0.1) is 5.82 Å². The van der Waals surface area contributed by atoms with Gasteiger partial charge in [0.25, 0.3) is 5.91 Å². The molecule has 0 fully saturated rings. The van der Waals surface area contributed by atoms with Crippen molar-refractivity contribution in [2.45, 2.75) is 6.54 Å². The minimum absolute atomic E-state index is 0.171. The van der Waals surface area contributed by atoms with E-state index >= 15 is 0 Å². The average molecular weight is 422 g/mol. The van der Waals surface area contributed by atoms with Gasteiger partial charge in [-0.3, -0.25) is 14.4 Å². The Balaban J connectivity index is 1.49. The van der Waals surface area contributed by atoms with Gasteiger partial charge >= 0.3 is 0 Å². The average Bonchev–Trinajstić information content (AvgIpc) is 3.40. The number of allylic oxidation sites excluding steroid dienone is 4. The molecule has 1 amide bonds. The Kier molecular flexibility index (Phi) is 5.24. The lowest BCUT2D eigenvalue weighted by atomic mass is 10.0. The molecule has 0 atom stereocenters. The molecule has 150 valence electrons. The van der Waals surface area contributed by atoms with Crippen molar-refractivity contribution < 1.29 is 23.3 Å². The van der Waals surface area contributed by atoms with Crippen LogP contribution in [0.5, 0.6) is 0 Å². The van der Waals surface area contributed by atoms with Crippen LogP contribution >= 0.6 is 11.3 Å². The maximum Gasteiger partial charge on any atom is 0.263 e. The van der Waals surface area contributed by atoms with Gasteiger partial charge in [-0.1, -0.05) is 17.3 Å². The van der Waals surface area contributed by atoms with Crippen molar-refractivity contribution in [3.63, 3.8) is 0 Å². The molecule has 6 nitrogen and oxygen atoms in total. The van der Waals surface area contributed by atoms with Crippen molar-refractivity contribution in [3.05, 3.63) is 82.6 Å². The summed E-state index contributed by atoms with van der Waals surface area (Å²) >= 11 is 1.23. The first kappa shape index (κ1) is 19.7. The number of hydrogen-bond donors (Lipinski definition) is 0. The van der Waals surface area contributed by atoms with Crippen LogP contribution in [0.25, 0.3) is 16.2 Å². The van der Waals surface area contributed by atoms with Crippen LogP contribution in [-0.2, 0) is 16.1 Å². The van der Waals surface area contributed by atoms with Gasteiger partial charge in [-0.2, -0.15) is 0 Å². The standard InChI is InChI=1S/C22H15FN2O4S/c1-25(12-13-2-4-14(23)5-3-13)22(28)21-9-8-20(30-21)19-11-17(24-29-19)16-10-15(26)6-7-18(16)27/h2-11H,12H2,1H3. The van der Waals surface area contributed by atoms with E-state index in [2.05, 4.69) is 5.16 Å². The van der Waals surface area contributed by atoms with E-state index in [1.807, 2.05) is 0 Å². The van der Waals surface area contributed by atoms with Gasteiger partial charge in [0.05, 0.1) is 15.3 Å². The molecule has 0 N–H and O–H groups in total. The van der Waals surface area contributed by atoms with Gasteiger partial charge in [-0.25, -0.2) is 4.39 Å². The Bertz CT molecular complexity index is 1200. The maximum absolute atomic E-state index is 13.0. The summed E-state index contributed by atoms with van der Waals surface area (Å²) in [6.07, 6.45) is 3.62. The number of thiophene rings is 1. The van der Waals surface area contributed by atoms with E-state index in [9.17, 15) is 18.8 Å². The lowest BCUT2D eigenvalue weighted by Gasteiger charge is -2.16. The summed E-state index contributed by atoms with van der Waals surface area (Å²) in [6, 6.07) is 11.0. The fraction of sp³-hybridized carbons (Fsp3) is 0.0909. The second-order valence-electron chi connectivity index (χ2n) is 6.69. The van der Waals surface area contributed by atoms with Crippen LogP contribution < -0.4 is 0 Å². The van der Waals surface area contributed by atoms with Crippen LogP contribution in [0.15, 0.2) is 65.2 Å². The first-order valence-corrected chi connectivity index (χ1v) is 9.77. The molecule has 1 aliphatic carbocycles. The summed E-state index contributed by atoms with van der Waals surface area (Å²) in [5.41, 5.74) is 1.25. The van der Waals surface area contributed by atoms with Gasteiger partial charge in [-0.15, -0.1) is 11.3 Å². The predicted molar refractivity (Wildman–Crippen MR) is 109 cm³/mol. The van der Waals surface area contributed by atoms with Gasteiger partial charge in [0, 0.05) is 19.7 Å². The van der Waals surface area contributed by atoms with Crippen molar-refractivity contribution >= 4 is 34.4 Å². The van der Waals surface area contributed by atoms with E-state index in [4.69, 9.17) is 4.52 Å². The van der Waals surface area contributed by atoms with Crippen LogP contribution in [0.3, 0.4) is 0 Å². The molecule has 0 saturated carbocycles. The Labute approximate surface area is 174 Å². The summed E-state index contributed by atoms with van der Waals surface area (Å²) in [7, 11) is 1.67. The van der Waals surface area contributed by atoms with E-state index in [0.717, 1.165) is 5.56 Å². The van der Waals surface area contributed by atoms with Crippen molar-refractivity contribution in [2.75, 3.05) is 7.05 Å². The monoisotopic (exact) mass is 422 g/mol. The molecule has 30 heavy (non-hydrogen) atoms. The SMILES string of the molecule is CN(Cc1ccc(F)cc1)C(=O)c1ccc(-c2cc(C3=CC(=O)C=CC3=O)no2)s1. The molecule has 3 aromatic rings. The Morgan fingerprint density at radius 1 is 1.13 bits per heavy atom. The third-order valence-electron chi connectivity index (χ3n) is 4.48. The number of halogens is 1. The number of carbonyl (C=O) groups excluding carboxylic acids is 3. The fourth-order valence-corrected chi connectivity index (χ4v) is 3.89. The molecule has 0 bridgehead atoms. The Morgan fingerprint density at radius 3 is 2.67 bits per heavy atom. The molecule has 0 unspecified atom stereocenters. The molecular formula is C22H15FN2O4S.